The largest absolute Gasteiger partial charge is 0.422 e. The lowest BCUT2D eigenvalue weighted by Gasteiger charge is -2.30. The normalized spacial score (nSPS) is 21.3. The predicted octanol–water partition coefficient (Wildman–Crippen LogP) is 2.59. The van der Waals surface area contributed by atoms with Gasteiger partial charge < -0.3 is 15.1 Å². The molecule has 1 aliphatic heterocycles. The highest BCUT2D eigenvalue weighted by atomic mass is 79.9. The van der Waals surface area contributed by atoms with Crippen molar-refractivity contribution in [3.63, 3.8) is 0 Å². The first kappa shape index (κ1) is 16.2. The standard InChI is InChI=1S/C17H19BrN2O3/c1-9-5-6-19-8-13(9)20-16(21)15-10(2)12-7-11(18)3-4-14(12)23-17(15)22/h3-4,7,9,13,19H,5-6,8H2,1-2H3,(H,20,21). The van der Waals surface area contributed by atoms with E-state index in [4.69, 9.17) is 4.42 Å². The maximum atomic E-state index is 12.6. The number of benzene rings is 1. The molecule has 1 aromatic heterocycles. The zero-order valence-electron chi connectivity index (χ0n) is 13.1. The fourth-order valence-corrected chi connectivity index (χ4v) is 3.37. The number of hydrogen-bond acceptors (Lipinski definition) is 4. The summed E-state index contributed by atoms with van der Waals surface area (Å²) in [6.07, 6.45) is 1.00. The minimum absolute atomic E-state index is 0.0215. The van der Waals surface area contributed by atoms with Gasteiger partial charge >= 0.3 is 5.63 Å². The molecule has 2 heterocycles. The van der Waals surface area contributed by atoms with Crippen LogP contribution in [0.15, 0.2) is 31.9 Å². The summed E-state index contributed by atoms with van der Waals surface area (Å²) in [4.78, 5) is 24.9. The van der Waals surface area contributed by atoms with Gasteiger partial charge in [-0.1, -0.05) is 22.9 Å². The third kappa shape index (κ3) is 3.19. The summed E-state index contributed by atoms with van der Waals surface area (Å²) < 4.78 is 6.19. The van der Waals surface area contributed by atoms with Crippen LogP contribution < -0.4 is 16.3 Å². The minimum Gasteiger partial charge on any atom is -0.422 e. The molecule has 122 valence electrons. The average Bonchev–Trinajstić information content (AvgIpc) is 2.50. The van der Waals surface area contributed by atoms with E-state index in [2.05, 4.69) is 33.5 Å². The van der Waals surface area contributed by atoms with E-state index >= 15 is 0 Å². The molecular weight excluding hydrogens is 360 g/mol. The maximum absolute atomic E-state index is 12.6. The summed E-state index contributed by atoms with van der Waals surface area (Å²) in [6, 6.07) is 5.41. The Morgan fingerprint density at radius 2 is 2.22 bits per heavy atom. The van der Waals surface area contributed by atoms with Gasteiger partial charge in [0, 0.05) is 22.4 Å². The fourth-order valence-electron chi connectivity index (χ4n) is 3.01. The maximum Gasteiger partial charge on any atom is 0.349 e. The van der Waals surface area contributed by atoms with Gasteiger partial charge in [0.2, 0.25) is 0 Å². The Hall–Kier alpha value is -1.66. The van der Waals surface area contributed by atoms with Crippen LogP contribution >= 0.6 is 15.9 Å². The molecule has 2 atom stereocenters. The van der Waals surface area contributed by atoms with Crippen molar-refractivity contribution >= 4 is 32.8 Å². The van der Waals surface area contributed by atoms with Gasteiger partial charge in [-0.3, -0.25) is 4.79 Å². The molecule has 0 bridgehead atoms. The number of nitrogens with one attached hydrogen (secondary N) is 2. The molecule has 1 amide bonds. The van der Waals surface area contributed by atoms with E-state index in [1.807, 2.05) is 6.07 Å². The zero-order valence-corrected chi connectivity index (χ0v) is 14.7. The van der Waals surface area contributed by atoms with Gasteiger partial charge in [0.1, 0.15) is 11.1 Å². The smallest absolute Gasteiger partial charge is 0.349 e. The summed E-state index contributed by atoms with van der Waals surface area (Å²) in [5.41, 5.74) is 0.631. The van der Waals surface area contributed by atoms with Crippen LogP contribution in [0.5, 0.6) is 0 Å². The predicted molar refractivity (Wildman–Crippen MR) is 92.8 cm³/mol. The van der Waals surface area contributed by atoms with E-state index in [1.165, 1.54) is 0 Å². The highest BCUT2D eigenvalue weighted by Crippen LogP contribution is 2.23. The molecular formula is C17H19BrN2O3. The molecule has 0 aliphatic carbocycles. The van der Waals surface area contributed by atoms with Gasteiger partial charge in [-0.05, 0) is 49.6 Å². The second-order valence-corrected chi connectivity index (χ2v) is 7.00. The first-order valence-electron chi connectivity index (χ1n) is 7.72. The van der Waals surface area contributed by atoms with Crippen molar-refractivity contribution in [2.24, 2.45) is 5.92 Å². The molecule has 2 aromatic rings. The first-order valence-corrected chi connectivity index (χ1v) is 8.51. The molecule has 2 unspecified atom stereocenters. The molecule has 5 nitrogen and oxygen atoms in total. The van der Waals surface area contributed by atoms with Crippen molar-refractivity contribution < 1.29 is 9.21 Å². The van der Waals surface area contributed by atoms with Gasteiger partial charge in [-0.15, -0.1) is 0 Å². The lowest BCUT2D eigenvalue weighted by atomic mass is 9.94. The minimum atomic E-state index is -0.591. The van der Waals surface area contributed by atoms with Crippen LogP contribution in [0.2, 0.25) is 0 Å². The molecule has 3 rings (SSSR count). The number of aryl methyl sites for hydroxylation is 1. The zero-order chi connectivity index (χ0) is 16.6. The summed E-state index contributed by atoms with van der Waals surface area (Å²) >= 11 is 3.41. The number of rotatable bonds is 2. The Bertz CT molecular complexity index is 815. The Kier molecular flexibility index (Phi) is 4.55. The van der Waals surface area contributed by atoms with E-state index in [9.17, 15) is 9.59 Å². The number of carbonyl (C=O) groups excluding carboxylic acids is 1. The number of halogens is 1. The highest BCUT2D eigenvalue weighted by Gasteiger charge is 2.26. The molecule has 1 aromatic carbocycles. The molecule has 1 aliphatic rings. The molecule has 1 fully saturated rings. The van der Waals surface area contributed by atoms with Crippen molar-refractivity contribution in [3.8, 4) is 0 Å². The summed E-state index contributed by atoms with van der Waals surface area (Å²) in [6.45, 7) is 5.57. The third-order valence-corrected chi connectivity index (χ3v) is 4.99. The second-order valence-electron chi connectivity index (χ2n) is 6.08. The molecule has 0 spiro atoms. The van der Waals surface area contributed by atoms with E-state index in [-0.39, 0.29) is 17.5 Å². The van der Waals surface area contributed by atoms with Crippen molar-refractivity contribution in [2.45, 2.75) is 26.3 Å². The molecule has 23 heavy (non-hydrogen) atoms. The fraction of sp³-hybridized carbons (Fsp3) is 0.412. The second kappa shape index (κ2) is 6.45. The van der Waals surface area contributed by atoms with Gasteiger partial charge in [-0.2, -0.15) is 0 Å². The van der Waals surface area contributed by atoms with Crippen molar-refractivity contribution in [2.75, 3.05) is 13.1 Å². The van der Waals surface area contributed by atoms with Crippen molar-refractivity contribution in [1.29, 1.82) is 0 Å². The number of piperidine rings is 1. The molecule has 0 saturated carbocycles. The van der Waals surface area contributed by atoms with Crippen LogP contribution in [0.25, 0.3) is 11.0 Å². The average molecular weight is 379 g/mol. The number of fused-ring (bicyclic) bond motifs is 1. The Morgan fingerprint density at radius 3 is 2.96 bits per heavy atom. The van der Waals surface area contributed by atoms with E-state index in [1.54, 1.807) is 19.1 Å². The van der Waals surface area contributed by atoms with Gasteiger partial charge in [-0.25, -0.2) is 4.79 Å². The SMILES string of the molecule is Cc1c(C(=O)NC2CNCCC2C)c(=O)oc2ccc(Br)cc12. The van der Waals surface area contributed by atoms with Crippen molar-refractivity contribution in [1.82, 2.24) is 10.6 Å². The van der Waals surface area contributed by atoms with Gasteiger partial charge in [0.15, 0.2) is 0 Å². The van der Waals surface area contributed by atoms with E-state index in [0.717, 1.165) is 29.4 Å². The van der Waals surface area contributed by atoms with Gasteiger partial charge in [0.25, 0.3) is 5.91 Å². The van der Waals surface area contributed by atoms with Crippen molar-refractivity contribution in [3.05, 3.63) is 44.2 Å². The third-order valence-electron chi connectivity index (χ3n) is 4.50. The Labute approximate surface area is 142 Å². The molecule has 1 saturated heterocycles. The quantitative estimate of drug-likeness (QED) is 0.787. The highest BCUT2D eigenvalue weighted by molar-refractivity contribution is 9.10. The lowest BCUT2D eigenvalue weighted by molar-refractivity contribution is 0.0911. The van der Waals surface area contributed by atoms with Crippen LogP contribution in [-0.2, 0) is 0 Å². The van der Waals surface area contributed by atoms with E-state index in [0.29, 0.717) is 17.1 Å². The summed E-state index contributed by atoms with van der Waals surface area (Å²) in [5.74, 6) is 0.0147. The Balaban J connectivity index is 1.98. The number of amides is 1. The lowest BCUT2D eigenvalue weighted by Crippen LogP contribution is -2.50. The van der Waals surface area contributed by atoms with Crippen LogP contribution in [0.3, 0.4) is 0 Å². The molecule has 2 N–H and O–H groups in total. The van der Waals surface area contributed by atoms with Crippen LogP contribution in [0.1, 0.15) is 29.3 Å². The van der Waals surface area contributed by atoms with Crippen LogP contribution in [0, 0.1) is 12.8 Å². The summed E-state index contributed by atoms with van der Waals surface area (Å²) in [7, 11) is 0. The first-order chi connectivity index (χ1) is 11.0. The molecule has 0 radical (unpaired) electrons. The number of hydrogen-bond donors (Lipinski definition) is 2. The Morgan fingerprint density at radius 1 is 1.43 bits per heavy atom. The van der Waals surface area contributed by atoms with E-state index < -0.39 is 5.63 Å². The number of carbonyl (C=O) groups is 1. The van der Waals surface area contributed by atoms with Crippen LogP contribution in [-0.4, -0.2) is 25.0 Å². The van der Waals surface area contributed by atoms with Crippen LogP contribution in [0.4, 0.5) is 0 Å². The molecule has 6 heteroatoms. The monoisotopic (exact) mass is 378 g/mol. The topological polar surface area (TPSA) is 71.3 Å². The van der Waals surface area contributed by atoms with Gasteiger partial charge in [0.05, 0.1) is 0 Å². The summed E-state index contributed by atoms with van der Waals surface area (Å²) in [5, 5.41) is 7.00.